The van der Waals surface area contributed by atoms with Crippen LogP contribution in [0.3, 0.4) is 0 Å². The summed E-state index contributed by atoms with van der Waals surface area (Å²) in [7, 11) is 0. The maximum Gasteiger partial charge on any atom is 0.237 e. The van der Waals surface area contributed by atoms with Crippen molar-refractivity contribution in [3.8, 4) is 0 Å². The van der Waals surface area contributed by atoms with Gasteiger partial charge in [-0.2, -0.15) is 0 Å². The Bertz CT molecular complexity index is 324. The smallest absolute Gasteiger partial charge is 0.237 e. The Hall–Kier alpha value is -0.610. The van der Waals surface area contributed by atoms with E-state index in [2.05, 4.69) is 30.6 Å². The average molecular weight is 281 g/mol. The highest BCUT2D eigenvalue weighted by Gasteiger charge is 2.32. The number of rotatable bonds is 3. The fourth-order valence-corrected chi connectivity index (χ4v) is 3.92. The molecule has 2 N–H and O–H groups in total. The van der Waals surface area contributed by atoms with Gasteiger partial charge in [-0.05, 0) is 58.4 Å². The van der Waals surface area contributed by atoms with E-state index in [-0.39, 0.29) is 0 Å². The molecule has 0 saturated carbocycles. The molecule has 0 aromatic rings. The molecule has 2 aliphatic rings. The molecule has 2 heterocycles. The molecule has 2 fully saturated rings. The molecular weight excluding hydrogens is 250 g/mol. The Morgan fingerprint density at radius 3 is 2.40 bits per heavy atom. The van der Waals surface area contributed by atoms with Crippen molar-refractivity contribution in [1.29, 1.82) is 0 Å². The average Bonchev–Trinajstić information content (AvgIpc) is 2.40. The zero-order chi connectivity index (χ0) is 14.7. The van der Waals surface area contributed by atoms with Crippen LogP contribution in [0.2, 0.25) is 0 Å². The highest BCUT2D eigenvalue weighted by Crippen LogP contribution is 2.25. The van der Waals surface area contributed by atoms with Crippen LogP contribution in [0.4, 0.5) is 0 Å². The summed E-state index contributed by atoms with van der Waals surface area (Å²) >= 11 is 0. The van der Waals surface area contributed by atoms with E-state index in [0.29, 0.717) is 37.1 Å². The second kappa shape index (κ2) is 6.90. The summed E-state index contributed by atoms with van der Waals surface area (Å²) in [6.07, 6.45) is 5.86. The maximum absolute atomic E-state index is 12.7. The molecule has 0 aliphatic carbocycles. The van der Waals surface area contributed by atoms with Gasteiger partial charge in [-0.3, -0.25) is 9.69 Å². The van der Waals surface area contributed by atoms with Gasteiger partial charge in [0.05, 0.1) is 6.54 Å². The lowest BCUT2D eigenvalue weighted by Crippen LogP contribution is -2.54. The van der Waals surface area contributed by atoms with E-state index in [0.717, 1.165) is 31.7 Å². The van der Waals surface area contributed by atoms with Crippen LogP contribution >= 0.6 is 0 Å². The summed E-state index contributed by atoms with van der Waals surface area (Å²) in [5.41, 5.74) is 5.90. The van der Waals surface area contributed by atoms with Crippen LogP contribution in [-0.2, 0) is 4.79 Å². The first kappa shape index (κ1) is 15.8. The van der Waals surface area contributed by atoms with Crippen LogP contribution in [0.25, 0.3) is 0 Å². The van der Waals surface area contributed by atoms with Crippen molar-refractivity contribution in [2.75, 3.05) is 19.6 Å². The van der Waals surface area contributed by atoms with E-state index in [4.69, 9.17) is 5.73 Å². The zero-order valence-corrected chi connectivity index (χ0v) is 13.3. The van der Waals surface area contributed by atoms with Gasteiger partial charge in [0, 0.05) is 24.7 Å². The largest absolute Gasteiger partial charge is 0.336 e. The van der Waals surface area contributed by atoms with Crippen molar-refractivity contribution in [2.24, 2.45) is 11.7 Å². The fraction of sp³-hybridized carbons (Fsp3) is 0.938. The number of hydrogen-bond acceptors (Lipinski definition) is 3. The summed E-state index contributed by atoms with van der Waals surface area (Å²) in [6, 6.07) is 1.18. The normalized spacial score (nSPS) is 36.1. The van der Waals surface area contributed by atoms with Crippen molar-refractivity contribution >= 4 is 5.91 Å². The molecule has 0 bridgehead atoms. The van der Waals surface area contributed by atoms with Gasteiger partial charge in [0.2, 0.25) is 5.91 Å². The quantitative estimate of drug-likeness (QED) is 0.858. The predicted octanol–water partition coefficient (Wildman–Crippen LogP) is 1.84. The summed E-state index contributed by atoms with van der Waals surface area (Å²) in [4.78, 5) is 17.1. The standard InChI is InChI=1S/C16H31N3O/c1-12-7-8-18(15(9-12)10-17)11-16(20)19-13(2)5-4-6-14(19)3/h12-15H,4-11,17H2,1-3H3. The molecule has 1 amide bonds. The third-order valence-electron chi connectivity index (χ3n) is 5.19. The molecule has 116 valence electrons. The molecule has 0 radical (unpaired) electrons. The van der Waals surface area contributed by atoms with E-state index < -0.39 is 0 Å². The van der Waals surface area contributed by atoms with Crippen molar-refractivity contribution in [3.63, 3.8) is 0 Å². The van der Waals surface area contributed by atoms with Crippen LogP contribution in [0.1, 0.15) is 52.9 Å². The second-order valence-corrected chi connectivity index (χ2v) is 6.92. The SMILES string of the molecule is CC1CCN(CC(=O)N2C(C)CCCC2C)C(CN)C1. The van der Waals surface area contributed by atoms with Gasteiger partial charge >= 0.3 is 0 Å². The summed E-state index contributed by atoms with van der Waals surface area (Å²) in [5, 5.41) is 0. The van der Waals surface area contributed by atoms with E-state index in [1.54, 1.807) is 0 Å². The Kier molecular flexibility index (Phi) is 5.44. The Balaban J connectivity index is 1.95. The van der Waals surface area contributed by atoms with Crippen molar-refractivity contribution in [3.05, 3.63) is 0 Å². The van der Waals surface area contributed by atoms with Gasteiger partial charge in [-0.25, -0.2) is 0 Å². The highest BCUT2D eigenvalue weighted by molar-refractivity contribution is 5.79. The molecule has 0 spiro atoms. The Morgan fingerprint density at radius 1 is 1.15 bits per heavy atom. The van der Waals surface area contributed by atoms with Crippen LogP contribution in [0.5, 0.6) is 0 Å². The number of hydrogen-bond donors (Lipinski definition) is 1. The minimum atomic E-state index is 0.303. The van der Waals surface area contributed by atoms with Gasteiger partial charge < -0.3 is 10.6 Å². The lowest BCUT2D eigenvalue weighted by atomic mass is 9.92. The van der Waals surface area contributed by atoms with Gasteiger partial charge in [0.1, 0.15) is 0 Å². The topological polar surface area (TPSA) is 49.6 Å². The number of carbonyl (C=O) groups excluding carboxylic acids is 1. The third-order valence-corrected chi connectivity index (χ3v) is 5.19. The summed E-state index contributed by atoms with van der Waals surface area (Å²) < 4.78 is 0. The second-order valence-electron chi connectivity index (χ2n) is 6.92. The molecule has 4 nitrogen and oxygen atoms in total. The first-order chi connectivity index (χ1) is 9.52. The molecule has 4 heteroatoms. The summed E-state index contributed by atoms with van der Waals surface area (Å²) in [5.74, 6) is 1.04. The lowest BCUT2D eigenvalue weighted by molar-refractivity contribution is -0.139. The van der Waals surface area contributed by atoms with Crippen molar-refractivity contribution in [2.45, 2.75) is 71.0 Å². The molecule has 4 unspecified atom stereocenters. The van der Waals surface area contributed by atoms with Gasteiger partial charge in [0.15, 0.2) is 0 Å². The first-order valence-corrected chi connectivity index (χ1v) is 8.28. The van der Waals surface area contributed by atoms with E-state index in [1.165, 1.54) is 12.8 Å². The lowest BCUT2D eigenvalue weighted by Gasteiger charge is -2.42. The number of piperidine rings is 2. The molecule has 20 heavy (non-hydrogen) atoms. The fourth-order valence-electron chi connectivity index (χ4n) is 3.92. The van der Waals surface area contributed by atoms with Gasteiger partial charge in [-0.15, -0.1) is 0 Å². The van der Waals surface area contributed by atoms with Crippen LogP contribution < -0.4 is 5.73 Å². The third kappa shape index (κ3) is 3.53. The number of likely N-dealkylation sites (tertiary alicyclic amines) is 2. The van der Waals surface area contributed by atoms with E-state index in [1.807, 2.05) is 0 Å². The van der Waals surface area contributed by atoms with Crippen LogP contribution in [0, 0.1) is 5.92 Å². The molecule has 2 saturated heterocycles. The van der Waals surface area contributed by atoms with Crippen molar-refractivity contribution in [1.82, 2.24) is 9.80 Å². The minimum Gasteiger partial charge on any atom is -0.336 e. The van der Waals surface area contributed by atoms with E-state index in [9.17, 15) is 4.79 Å². The van der Waals surface area contributed by atoms with Gasteiger partial charge in [-0.1, -0.05) is 6.92 Å². The maximum atomic E-state index is 12.7. The van der Waals surface area contributed by atoms with Gasteiger partial charge in [0.25, 0.3) is 0 Å². The predicted molar refractivity (Wildman–Crippen MR) is 82.4 cm³/mol. The van der Waals surface area contributed by atoms with Crippen molar-refractivity contribution < 1.29 is 4.79 Å². The molecule has 4 atom stereocenters. The molecular formula is C16H31N3O. The molecule has 0 aromatic carbocycles. The monoisotopic (exact) mass is 281 g/mol. The zero-order valence-electron chi connectivity index (χ0n) is 13.3. The van der Waals surface area contributed by atoms with Crippen LogP contribution in [0.15, 0.2) is 0 Å². The number of carbonyl (C=O) groups is 1. The number of amides is 1. The van der Waals surface area contributed by atoms with E-state index >= 15 is 0 Å². The number of nitrogens with zero attached hydrogens (tertiary/aromatic N) is 2. The molecule has 0 aromatic heterocycles. The Morgan fingerprint density at radius 2 is 1.80 bits per heavy atom. The molecule has 2 aliphatic heterocycles. The minimum absolute atomic E-state index is 0.303. The molecule has 2 rings (SSSR count). The highest BCUT2D eigenvalue weighted by atomic mass is 16.2. The number of nitrogens with two attached hydrogens (primary N) is 1. The summed E-state index contributed by atoms with van der Waals surface area (Å²) in [6.45, 7) is 8.91. The van der Waals surface area contributed by atoms with Crippen LogP contribution in [-0.4, -0.2) is 53.5 Å². The Labute approximate surface area is 123 Å². The first-order valence-electron chi connectivity index (χ1n) is 8.28.